The number of nitrogens with zero attached hydrogens (tertiary/aromatic N) is 1. The summed E-state index contributed by atoms with van der Waals surface area (Å²) in [5, 5.41) is 30.4. The number of imide groups is 1. The molecule has 2 aliphatic heterocycles. The summed E-state index contributed by atoms with van der Waals surface area (Å²) in [6.45, 7) is 0.567. The highest BCUT2D eigenvalue weighted by Crippen LogP contribution is 2.51. The van der Waals surface area contributed by atoms with Crippen LogP contribution in [0.4, 0.5) is 0 Å². The van der Waals surface area contributed by atoms with Crippen LogP contribution in [0.15, 0.2) is 64.1 Å². The van der Waals surface area contributed by atoms with Crippen molar-refractivity contribution in [2.45, 2.75) is 57.4 Å². The van der Waals surface area contributed by atoms with E-state index in [-0.39, 0.29) is 42.8 Å². The second kappa shape index (κ2) is 14.9. The van der Waals surface area contributed by atoms with Crippen LogP contribution in [0.2, 0.25) is 6.32 Å². The minimum absolute atomic E-state index is 0.0629. The number of unbranched alkanes of at least 4 members (excludes halogenated alkanes) is 2. The van der Waals surface area contributed by atoms with Gasteiger partial charge in [0.05, 0.1) is 24.5 Å². The second-order valence-electron chi connectivity index (χ2n) is 12.1. The third-order valence-electron chi connectivity index (χ3n) is 9.13. The average molecular weight is 680 g/mol. The van der Waals surface area contributed by atoms with Crippen LogP contribution in [0.3, 0.4) is 0 Å². The quantitative estimate of drug-likeness (QED) is 0.0824. The van der Waals surface area contributed by atoms with E-state index in [4.69, 9.17) is 14.5 Å². The molecule has 0 aromatic heterocycles. The smallest absolute Gasteiger partial charge is 0.455 e. The summed E-state index contributed by atoms with van der Waals surface area (Å²) >= 11 is 3.49. The van der Waals surface area contributed by atoms with E-state index in [9.17, 15) is 24.5 Å². The van der Waals surface area contributed by atoms with Crippen molar-refractivity contribution < 1.29 is 39.0 Å². The third kappa shape index (κ3) is 7.60. The lowest BCUT2D eigenvalue weighted by Crippen LogP contribution is -2.46. The van der Waals surface area contributed by atoms with Gasteiger partial charge < -0.3 is 24.6 Å². The average Bonchev–Trinajstić information content (AvgIpc) is 3.25. The molecule has 0 spiro atoms. The number of aliphatic carboxylic acids is 1. The highest BCUT2D eigenvalue weighted by molar-refractivity contribution is 9.10. The van der Waals surface area contributed by atoms with E-state index in [0.717, 1.165) is 26.8 Å². The first-order valence-electron chi connectivity index (χ1n) is 15.5. The summed E-state index contributed by atoms with van der Waals surface area (Å²) in [4.78, 5) is 39.5. The first-order chi connectivity index (χ1) is 21.7. The number of allylic oxidation sites excluding steroid dienone is 1. The van der Waals surface area contributed by atoms with Crippen LogP contribution in [0.5, 0.6) is 5.75 Å². The van der Waals surface area contributed by atoms with Gasteiger partial charge in [-0.05, 0) is 90.9 Å². The van der Waals surface area contributed by atoms with Crippen LogP contribution in [0, 0.1) is 17.8 Å². The predicted octanol–water partition coefficient (Wildman–Crippen LogP) is 5.56. The molecule has 3 aliphatic rings. The SMILES string of the molecule is COCC1=C2[C@@H](CC/C(=C/c3cc(Br)ccc3O)c3ccccc3)OB(O)C[C@@H]2[C@@H]2C(=O)N(CCCCCC(=O)O)C(=O)[C@@H]2C1. The van der Waals surface area contributed by atoms with Crippen molar-refractivity contribution in [2.75, 3.05) is 20.3 Å². The largest absolute Gasteiger partial charge is 0.507 e. The number of hydrogen-bond donors (Lipinski definition) is 3. The Labute approximate surface area is 272 Å². The van der Waals surface area contributed by atoms with Gasteiger partial charge in [0, 0.05) is 30.1 Å². The summed E-state index contributed by atoms with van der Waals surface area (Å²) in [5.41, 5.74) is 4.54. The number of ether oxygens (including phenoxy) is 1. The number of phenols is 1. The Morgan fingerprint density at radius 3 is 2.60 bits per heavy atom. The Bertz CT molecular complexity index is 1480. The van der Waals surface area contributed by atoms with Gasteiger partial charge >= 0.3 is 13.1 Å². The molecule has 45 heavy (non-hydrogen) atoms. The molecule has 2 heterocycles. The molecule has 2 saturated heterocycles. The fourth-order valence-corrected chi connectivity index (χ4v) is 7.53. The van der Waals surface area contributed by atoms with Crippen LogP contribution in [-0.2, 0) is 23.8 Å². The summed E-state index contributed by atoms with van der Waals surface area (Å²) in [6, 6.07) is 15.2. The zero-order valence-electron chi connectivity index (χ0n) is 25.4. The maximum absolute atomic E-state index is 13.8. The number of hydrogen-bond acceptors (Lipinski definition) is 7. The monoisotopic (exact) mass is 679 g/mol. The van der Waals surface area contributed by atoms with Crippen LogP contribution >= 0.6 is 15.9 Å². The van der Waals surface area contributed by atoms with Crippen molar-refractivity contribution in [2.24, 2.45) is 17.8 Å². The minimum atomic E-state index is -1.09. The number of carboxylic acids is 1. The van der Waals surface area contributed by atoms with Gasteiger partial charge in [0.15, 0.2) is 0 Å². The minimum Gasteiger partial charge on any atom is -0.507 e. The third-order valence-corrected chi connectivity index (χ3v) is 9.62. The Morgan fingerprint density at radius 2 is 1.87 bits per heavy atom. The molecule has 0 radical (unpaired) electrons. The van der Waals surface area contributed by atoms with Gasteiger partial charge in [-0.1, -0.05) is 52.7 Å². The molecule has 0 bridgehead atoms. The first kappa shape index (κ1) is 33.1. The summed E-state index contributed by atoms with van der Waals surface area (Å²) in [5.74, 6) is -2.55. The van der Waals surface area contributed by atoms with Crippen molar-refractivity contribution in [3.05, 3.63) is 75.3 Å². The van der Waals surface area contributed by atoms with Crippen LogP contribution in [0.25, 0.3) is 11.6 Å². The van der Waals surface area contributed by atoms with Gasteiger partial charge in [-0.3, -0.25) is 19.3 Å². The topological polar surface area (TPSA) is 134 Å². The van der Waals surface area contributed by atoms with E-state index in [2.05, 4.69) is 15.9 Å². The lowest BCUT2D eigenvalue weighted by atomic mass is 9.58. The highest BCUT2D eigenvalue weighted by atomic mass is 79.9. The molecule has 0 unspecified atom stereocenters. The number of halogens is 1. The lowest BCUT2D eigenvalue weighted by Gasteiger charge is -2.43. The Morgan fingerprint density at radius 1 is 1.09 bits per heavy atom. The number of phenolic OH excluding ortho intramolecular Hbond substituents is 1. The predicted molar refractivity (Wildman–Crippen MR) is 174 cm³/mol. The zero-order chi connectivity index (χ0) is 32.1. The van der Waals surface area contributed by atoms with Crippen molar-refractivity contribution in [1.82, 2.24) is 4.90 Å². The molecular formula is C34H39BBrNO8. The number of carboxylic acid groups (broad SMARTS) is 1. The summed E-state index contributed by atoms with van der Waals surface area (Å²) in [6.07, 6.45) is 4.89. The molecule has 1 aliphatic carbocycles. The summed E-state index contributed by atoms with van der Waals surface area (Å²) < 4.78 is 12.6. The van der Waals surface area contributed by atoms with E-state index in [0.29, 0.717) is 50.7 Å². The number of likely N-dealkylation sites (tertiary alicyclic amines) is 1. The fourth-order valence-electron chi connectivity index (χ4n) is 7.15. The standard InChI is InChI=1S/C34H39BBrNO8/c1-44-20-24-18-26-32(34(42)37(33(26)41)15-7-3-6-10-30(39)40)27-19-35(43)45-29(31(24)27)14-11-22(21-8-4-2-5-9-21)16-23-17-25(36)12-13-28(23)38/h2,4-5,8-9,12-13,16-17,26-27,29,32,38,43H,3,6-7,10-11,14-15,18-20H2,1H3,(H,39,40)/b22-16-/t26-,27+,29-,32-/m1/s1. The molecule has 2 aromatic rings. The number of carbonyl (C=O) groups excluding carboxylic acids is 2. The Kier molecular flexibility index (Phi) is 11.0. The van der Waals surface area contributed by atoms with Crippen molar-refractivity contribution >= 4 is 52.5 Å². The molecule has 4 atom stereocenters. The number of fused-ring (bicyclic) bond motifs is 3. The number of carbonyl (C=O) groups is 3. The maximum Gasteiger partial charge on any atom is 0.455 e. The molecule has 0 saturated carbocycles. The Balaban J connectivity index is 1.40. The van der Waals surface area contributed by atoms with Crippen molar-refractivity contribution in [1.29, 1.82) is 0 Å². The zero-order valence-corrected chi connectivity index (χ0v) is 26.9. The molecule has 3 N–H and O–H groups in total. The first-order valence-corrected chi connectivity index (χ1v) is 16.3. The van der Waals surface area contributed by atoms with E-state index in [1.807, 2.05) is 42.5 Å². The molecule has 2 amide bonds. The molecular weight excluding hydrogens is 641 g/mol. The van der Waals surface area contributed by atoms with Crippen LogP contribution in [0.1, 0.15) is 56.1 Å². The molecule has 2 fully saturated rings. The molecule has 238 valence electrons. The van der Waals surface area contributed by atoms with Gasteiger partial charge in [0.1, 0.15) is 5.75 Å². The Hall–Kier alpha value is -3.25. The van der Waals surface area contributed by atoms with Crippen LogP contribution < -0.4 is 0 Å². The van der Waals surface area contributed by atoms with E-state index in [1.165, 1.54) is 4.90 Å². The van der Waals surface area contributed by atoms with E-state index < -0.39 is 31.0 Å². The van der Waals surface area contributed by atoms with Gasteiger partial charge in [0.25, 0.3) is 0 Å². The van der Waals surface area contributed by atoms with Gasteiger partial charge in [0.2, 0.25) is 11.8 Å². The molecule has 2 aromatic carbocycles. The van der Waals surface area contributed by atoms with Gasteiger partial charge in [-0.25, -0.2) is 0 Å². The number of benzene rings is 2. The number of amides is 2. The number of rotatable bonds is 13. The fraction of sp³-hybridized carbons (Fsp3) is 0.441. The highest BCUT2D eigenvalue weighted by Gasteiger charge is 2.57. The number of methoxy groups -OCH3 is 1. The summed E-state index contributed by atoms with van der Waals surface area (Å²) in [7, 11) is 0.520. The van der Waals surface area contributed by atoms with Gasteiger partial charge in [-0.15, -0.1) is 0 Å². The van der Waals surface area contributed by atoms with Crippen LogP contribution in [-0.4, -0.2) is 71.4 Å². The van der Waals surface area contributed by atoms with Gasteiger partial charge in [-0.2, -0.15) is 0 Å². The van der Waals surface area contributed by atoms with E-state index >= 15 is 0 Å². The second-order valence-corrected chi connectivity index (χ2v) is 13.0. The molecule has 9 nitrogen and oxygen atoms in total. The molecule has 5 rings (SSSR count). The normalized spacial score (nSPS) is 23.4. The lowest BCUT2D eigenvalue weighted by molar-refractivity contribution is -0.141. The number of aromatic hydroxyl groups is 1. The maximum atomic E-state index is 13.8. The van der Waals surface area contributed by atoms with E-state index in [1.54, 1.807) is 19.2 Å². The molecule has 11 heteroatoms. The van der Waals surface area contributed by atoms with Crippen molar-refractivity contribution in [3.63, 3.8) is 0 Å². The van der Waals surface area contributed by atoms with Crippen molar-refractivity contribution in [3.8, 4) is 5.75 Å².